The maximum absolute atomic E-state index is 12.0. The van der Waals surface area contributed by atoms with Gasteiger partial charge in [0.2, 0.25) is 5.91 Å². The van der Waals surface area contributed by atoms with Crippen molar-refractivity contribution in [3.05, 3.63) is 29.3 Å². The van der Waals surface area contributed by atoms with E-state index in [-0.39, 0.29) is 17.9 Å². The third-order valence-electron chi connectivity index (χ3n) is 4.12. The van der Waals surface area contributed by atoms with Crippen molar-refractivity contribution >= 4 is 5.91 Å². The van der Waals surface area contributed by atoms with Crippen molar-refractivity contribution in [1.29, 1.82) is 0 Å². The van der Waals surface area contributed by atoms with Crippen molar-refractivity contribution in [2.75, 3.05) is 13.7 Å². The Bertz CT molecular complexity index is 548. The Morgan fingerprint density at radius 1 is 1.41 bits per heavy atom. The van der Waals surface area contributed by atoms with Crippen LogP contribution in [0.15, 0.2) is 18.2 Å². The van der Waals surface area contributed by atoms with Gasteiger partial charge in [0, 0.05) is 6.42 Å². The van der Waals surface area contributed by atoms with Gasteiger partial charge in [0.15, 0.2) is 0 Å². The summed E-state index contributed by atoms with van der Waals surface area (Å²) in [6.07, 6.45) is 2.97. The van der Waals surface area contributed by atoms with Crippen LogP contribution >= 0.6 is 0 Å². The number of ether oxygens (including phenoxy) is 1. The van der Waals surface area contributed by atoms with Crippen molar-refractivity contribution < 1.29 is 14.6 Å². The minimum absolute atomic E-state index is 0.0124. The van der Waals surface area contributed by atoms with E-state index in [1.165, 1.54) is 0 Å². The Balaban J connectivity index is 2.10. The molecule has 1 atom stereocenters. The molecule has 4 nitrogen and oxygen atoms in total. The lowest BCUT2D eigenvalue weighted by Gasteiger charge is -2.35. The van der Waals surface area contributed by atoms with Gasteiger partial charge >= 0.3 is 0 Å². The predicted molar refractivity (Wildman–Crippen MR) is 86.9 cm³/mol. The second kappa shape index (κ2) is 6.29. The van der Waals surface area contributed by atoms with Crippen LogP contribution in [0, 0.1) is 5.41 Å². The quantitative estimate of drug-likeness (QED) is 0.899. The Kier molecular flexibility index (Phi) is 4.81. The van der Waals surface area contributed by atoms with E-state index in [9.17, 15) is 9.90 Å². The monoisotopic (exact) mass is 305 g/mol. The number of rotatable bonds is 4. The van der Waals surface area contributed by atoms with E-state index in [4.69, 9.17) is 4.74 Å². The smallest absolute Gasteiger partial charge is 0.220 e. The van der Waals surface area contributed by atoms with E-state index < -0.39 is 5.60 Å². The molecule has 22 heavy (non-hydrogen) atoms. The molecule has 0 saturated carbocycles. The van der Waals surface area contributed by atoms with Gasteiger partial charge in [-0.1, -0.05) is 26.8 Å². The zero-order valence-electron chi connectivity index (χ0n) is 14.0. The molecule has 0 radical (unpaired) electrons. The summed E-state index contributed by atoms with van der Waals surface area (Å²) >= 11 is 0. The molecule has 1 aliphatic rings. The first-order valence-electron chi connectivity index (χ1n) is 7.90. The van der Waals surface area contributed by atoms with Gasteiger partial charge in [-0.25, -0.2) is 0 Å². The van der Waals surface area contributed by atoms with Gasteiger partial charge < -0.3 is 15.2 Å². The van der Waals surface area contributed by atoms with Crippen LogP contribution in [0.4, 0.5) is 0 Å². The lowest BCUT2D eigenvalue weighted by atomic mass is 9.79. The fourth-order valence-corrected chi connectivity index (χ4v) is 3.04. The zero-order chi connectivity index (χ0) is 16.4. The number of fused-ring (bicyclic) bond motifs is 1. The van der Waals surface area contributed by atoms with E-state index >= 15 is 0 Å². The first-order valence-corrected chi connectivity index (χ1v) is 7.90. The van der Waals surface area contributed by atoms with Gasteiger partial charge in [-0.2, -0.15) is 0 Å². The second-order valence-electron chi connectivity index (χ2n) is 7.42. The van der Waals surface area contributed by atoms with Gasteiger partial charge in [0.05, 0.1) is 13.7 Å². The minimum atomic E-state index is -0.979. The molecule has 122 valence electrons. The van der Waals surface area contributed by atoms with Crippen molar-refractivity contribution in [3.63, 3.8) is 0 Å². The number of aryl methyl sites for hydroxylation is 1. The standard InChI is InChI=1S/C18H27NO3/c1-17(2,3)11-16(20)19-12-18(21)9-5-6-13-10-14(22-4)7-8-15(13)18/h7-8,10,21H,5-6,9,11-12H2,1-4H3,(H,19,20). The third kappa shape index (κ3) is 4.01. The lowest BCUT2D eigenvalue weighted by molar-refractivity contribution is -0.124. The molecule has 1 aromatic carbocycles. The van der Waals surface area contributed by atoms with Crippen LogP contribution in [-0.2, 0) is 16.8 Å². The molecule has 0 aromatic heterocycles. The maximum Gasteiger partial charge on any atom is 0.220 e. The molecule has 0 heterocycles. The summed E-state index contributed by atoms with van der Waals surface area (Å²) in [6, 6.07) is 5.77. The predicted octanol–water partition coefficient (Wildman–Crippen LogP) is 2.77. The number of nitrogens with one attached hydrogen (secondary N) is 1. The fourth-order valence-electron chi connectivity index (χ4n) is 3.04. The molecule has 0 spiro atoms. The van der Waals surface area contributed by atoms with Crippen LogP contribution in [0.3, 0.4) is 0 Å². The molecular weight excluding hydrogens is 278 g/mol. The van der Waals surface area contributed by atoms with E-state index in [0.29, 0.717) is 12.8 Å². The number of benzene rings is 1. The number of amides is 1. The van der Waals surface area contributed by atoms with Gasteiger partial charge in [0.25, 0.3) is 0 Å². The number of carbonyl (C=O) groups excluding carboxylic acids is 1. The highest BCUT2D eigenvalue weighted by molar-refractivity contribution is 5.76. The summed E-state index contributed by atoms with van der Waals surface area (Å²) in [7, 11) is 1.64. The average molecular weight is 305 g/mol. The summed E-state index contributed by atoms with van der Waals surface area (Å²) < 4.78 is 5.25. The molecule has 0 aliphatic heterocycles. The molecule has 1 unspecified atom stereocenters. The Hall–Kier alpha value is -1.55. The molecule has 0 saturated heterocycles. The Labute approximate surface area is 132 Å². The third-order valence-corrected chi connectivity index (χ3v) is 4.12. The number of methoxy groups -OCH3 is 1. The Morgan fingerprint density at radius 2 is 2.14 bits per heavy atom. The summed E-state index contributed by atoms with van der Waals surface area (Å²) in [5.74, 6) is 0.793. The van der Waals surface area contributed by atoms with Gasteiger partial charge in [-0.15, -0.1) is 0 Å². The molecule has 2 rings (SSSR count). The van der Waals surface area contributed by atoms with Crippen molar-refractivity contribution in [2.24, 2.45) is 5.41 Å². The second-order valence-corrected chi connectivity index (χ2v) is 7.42. The number of aliphatic hydroxyl groups is 1. The van der Waals surface area contributed by atoms with Crippen LogP contribution in [0.2, 0.25) is 0 Å². The molecule has 0 fully saturated rings. The van der Waals surface area contributed by atoms with Crippen LogP contribution in [-0.4, -0.2) is 24.7 Å². The van der Waals surface area contributed by atoms with Gasteiger partial charge in [-0.3, -0.25) is 4.79 Å². The summed E-state index contributed by atoms with van der Waals surface area (Å²) in [5.41, 5.74) is 0.992. The fraction of sp³-hybridized carbons (Fsp3) is 0.611. The van der Waals surface area contributed by atoms with Crippen molar-refractivity contribution in [2.45, 2.75) is 52.1 Å². The van der Waals surface area contributed by atoms with Crippen LogP contribution in [0.25, 0.3) is 0 Å². The average Bonchev–Trinajstić information content (AvgIpc) is 2.43. The molecule has 2 N–H and O–H groups in total. The van der Waals surface area contributed by atoms with E-state index in [1.807, 2.05) is 39.0 Å². The first-order chi connectivity index (χ1) is 10.2. The number of carbonyl (C=O) groups is 1. The Morgan fingerprint density at radius 3 is 2.77 bits per heavy atom. The van der Waals surface area contributed by atoms with E-state index in [0.717, 1.165) is 29.7 Å². The SMILES string of the molecule is COc1ccc2c(c1)CCCC2(O)CNC(=O)CC(C)(C)C. The normalized spacial score (nSPS) is 21.1. The highest BCUT2D eigenvalue weighted by atomic mass is 16.5. The number of hydrogen-bond acceptors (Lipinski definition) is 3. The largest absolute Gasteiger partial charge is 0.497 e. The first kappa shape index (κ1) is 16.8. The highest BCUT2D eigenvalue weighted by Crippen LogP contribution is 2.36. The molecule has 1 aliphatic carbocycles. The molecule has 1 aromatic rings. The topological polar surface area (TPSA) is 58.6 Å². The van der Waals surface area contributed by atoms with Crippen molar-refractivity contribution in [1.82, 2.24) is 5.32 Å². The van der Waals surface area contributed by atoms with E-state index in [2.05, 4.69) is 5.32 Å². The summed E-state index contributed by atoms with van der Waals surface area (Å²) in [5, 5.41) is 13.9. The van der Waals surface area contributed by atoms with Gasteiger partial charge in [0.1, 0.15) is 11.4 Å². The van der Waals surface area contributed by atoms with Gasteiger partial charge in [-0.05, 0) is 47.9 Å². The number of hydrogen-bond donors (Lipinski definition) is 2. The summed E-state index contributed by atoms with van der Waals surface area (Å²) in [4.78, 5) is 12.0. The zero-order valence-corrected chi connectivity index (χ0v) is 14.0. The van der Waals surface area contributed by atoms with Crippen LogP contribution in [0.5, 0.6) is 5.75 Å². The van der Waals surface area contributed by atoms with E-state index in [1.54, 1.807) is 7.11 Å². The summed E-state index contributed by atoms with van der Waals surface area (Å²) in [6.45, 7) is 6.36. The van der Waals surface area contributed by atoms with Crippen molar-refractivity contribution in [3.8, 4) is 5.75 Å². The minimum Gasteiger partial charge on any atom is -0.497 e. The molecular formula is C18H27NO3. The molecule has 0 bridgehead atoms. The molecule has 4 heteroatoms. The van der Waals surface area contributed by atoms with Crippen LogP contribution in [0.1, 0.15) is 51.2 Å². The maximum atomic E-state index is 12.0. The lowest BCUT2D eigenvalue weighted by Crippen LogP contribution is -2.43. The highest BCUT2D eigenvalue weighted by Gasteiger charge is 2.35. The van der Waals surface area contributed by atoms with Crippen LogP contribution < -0.4 is 10.1 Å². The molecule has 1 amide bonds.